The Morgan fingerprint density at radius 2 is 1.70 bits per heavy atom. The average molecular weight is 404 g/mol. The van der Waals surface area contributed by atoms with E-state index in [9.17, 15) is 4.79 Å². The predicted octanol–water partition coefficient (Wildman–Crippen LogP) is 4.60. The molecule has 1 fully saturated rings. The summed E-state index contributed by atoms with van der Waals surface area (Å²) in [6, 6.07) is 15.7. The van der Waals surface area contributed by atoms with E-state index >= 15 is 0 Å². The molecule has 4 nitrogen and oxygen atoms in total. The Kier molecular flexibility index (Phi) is 7.05. The summed E-state index contributed by atoms with van der Waals surface area (Å²) in [4.78, 5) is 18.4. The summed E-state index contributed by atoms with van der Waals surface area (Å²) in [5.41, 5.74) is 2.05. The minimum atomic E-state index is -0.187. The number of nitrogens with one attached hydrogen (secondary N) is 1. The molecule has 2 aromatic carbocycles. The lowest BCUT2D eigenvalue weighted by molar-refractivity contribution is -0.115. The van der Waals surface area contributed by atoms with Gasteiger partial charge in [0.25, 0.3) is 0 Å². The zero-order chi connectivity index (χ0) is 19.2. The highest BCUT2D eigenvalue weighted by Crippen LogP contribution is 2.26. The SMILES string of the molecule is CCN1CCN(c2ccc(NC(=O)[C@@H](C)Sc3ccc(Cl)cc3)cc2)CC1. The van der Waals surface area contributed by atoms with Crippen LogP contribution >= 0.6 is 23.4 Å². The third kappa shape index (κ3) is 5.64. The minimum Gasteiger partial charge on any atom is -0.369 e. The molecule has 1 aliphatic rings. The average Bonchev–Trinajstić information content (AvgIpc) is 2.70. The molecule has 0 unspecified atom stereocenters. The van der Waals surface area contributed by atoms with E-state index in [0.717, 1.165) is 43.3 Å². The van der Waals surface area contributed by atoms with Gasteiger partial charge in [-0.15, -0.1) is 11.8 Å². The summed E-state index contributed by atoms with van der Waals surface area (Å²) >= 11 is 7.43. The molecule has 1 saturated heterocycles. The number of hydrogen-bond donors (Lipinski definition) is 1. The fraction of sp³-hybridized carbons (Fsp3) is 0.381. The highest BCUT2D eigenvalue weighted by molar-refractivity contribution is 8.00. The van der Waals surface area contributed by atoms with E-state index in [2.05, 4.69) is 34.2 Å². The molecule has 27 heavy (non-hydrogen) atoms. The van der Waals surface area contributed by atoms with Gasteiger partial charge in [-0.25, -0.2) is 0 Å². The maximum absolute atomic E-state index is 12.5. The van der Waals surface area contributed by atoms with E-state index in [1.807, 2.05) is 43.3 Å². The Morgan fingerprint density at radius 1 is 1.07 bits per heavy atom. The monoisotopic (exact) mass is 403 g/mol. The molecule has 0 aliphatic carbocycles. The van der Waals surface area contributed by atoms with E-state index in [4.69, 9.17) is 11.6 Å². The van der Waals surface area contributed by atoms with Crippen LogP contribution in [0.5, 0.6) is 0 Å². The van der Waals surface area contributed by atoms with Gasteiger partial charge in [0.1, 0.15) is 0 Å². The lowest BCUT2D eigenvalue weighted by Gasteiger charge is -2.35. The van der Waals surface area contributed by atoms with Crippen LogP contribution in [0.1, 0.15) is 13.8 Å². The van der Waals surface area contributed by atoms with E-state index in [1.165, 1.54) is 17.4 Å². The van der Waals surface area contributed by atoms with Gasteiger partial charge in [0.2, 0.25) is 5.91 Å². The fourth-order valence-corrected chi connectivity index (χ4v) is 4.09. The maximum atomic E-state index is 12.5. The van der Waals surface area contributed by atoms with Crippen molar-refractivity contribution < 1.29 is 4.79 Å². The minimum absolute atomic E-state index is 0.000685. The maximum Gasteiger partial charge on any atom is 0.237 e. The number of piperazine rings is 1. The van der Waals surface area contributed by atoms with Gasteiger partial charge in [-0.2, -0.15) is 0 Å². The van der Waals surface area contributed by atoms with Gasteiger partial charge in [0, 0.05) is 47.5 Å². The van der Waals surface area contributed by atoms with E-state index in [1.54, 1.807) is 0 Å². The molecule has 2 aromatic rings. The molecule has 0 spiro atoms. The van der Waals surface area contributed by atoms with Crippen molar-refractivity contribution in [3.8, 4) is 0 Å². The van der Waals surface area contributed by atoms with Crippen molar-refractivity contribution >= 4 is 40.6 Å². The van der Waals surface area contributed by atoms with Crippen LogP contribution in [0.2, 0.25) is 5.02 Å². The van der Waals surface area contributed by atoms with Crippen LogP contribution < -0.4 is 10.2 Å². The molecular weight excluding hydrogens is 378 g/mol. The van der Waals surface area contributed by atoms with Crippen molar-refractivity contribution in [3.63, 3.8) is 0 Å². The Balaban J connectivity index is 1.53. The van der Waals surface area contributed by atoms with Crippen LogP contribution in [-0.2, 0) is 4.79 Å². The molecule has 1 amide bonds. The summed E-state index contributed by atoms with van der Waals surface area (Å²) in [5.74, 6) is -0.000685. The predicted molar refractivity (Wildman–Crippen MR) is 116 cm³/mol. The van der Waals surface area contributed by atoms with Crippen LogP contribution in [0.4, 0.5) is 11.4 Å². The van der Waals surface area contributed by atoms with Crippen molar-refractivity contribution in [3.05, 3.63) is 53.6 Å². The van der Waals surface area contributed by atoms with Crippen LogP contribution in [0, 0.1) is 0 Å². The van der Waals surface area contributed by atoms with Crippen molar-refractivity contribution in [2.45, 2.75) is 24.0 Å². The number of halogens is 1. The molecule has 1 aliphatic heterocycles. The van der Waals surface area contributed by atoms with E-state index < -0.39 is 0 Å². The van der Waals surface area contributed by atoms with Crippen LogP contribution in [0.15, 0.2) is 53.4 Å². The van der Waals surface area contributed by atoms with Crippen molar-refractivity contribution in [1.82, 2.24) is 4.90 Å². The van der Waals surface area contributed by atoms with Gasteiger partial charge in [-0.3, -0.25) is 4.79 Å². The van der Waals surface area contributed by atoms with Gasteiger partial charge in [-0.1, -0.05) is 18.5 Å². The Bertz CT molecular complexity index is 743. The summed E-state index contributed by atoms with van der Waals surface area (Å²) < 4.78 is 0. The molecule has 1 atom stereocenters. The Morgan fingerprint density at radius 3 is 2.30 bits per heavy atom. The molecule has 6 heteroatoms. The second-order valence-corrected chi connectivity index (χ2v) is 8.52. The number of carbonyl (C=O) groups excluding carboxylic acids is 1. The molecular formula is C21H26ClN3OS. The van der Waals surface area contributed by atoms with Gasteiger partial charge in [0.05, 0.1) is 5.25 Å². The number of amides is 1. The summed E-state index contributed by atoms with van der Waals surface area (Å²) in [6.45, 7) is 9.55. The molecule has 0 saturated carbocycles. The third-order valence-electron chi connectivity index (χ3n) is 4.82. The second kappa shape index (κ2) is 9.49. The molecule has 0 radical (unpaired) electrons. The summed E-state index contributed by atoms with van der Waals surface area (Å²) in [7, 11) is 0. The van der Waals surface area contributed by atoms with Crippen molar-refractivity contribution in [2.24, 2.45) is 0 Å². The largest absolute Gasteiger partial charge is 0.369 e. The molecule has 0 bridgehead atoms. The van der Waals surface area contributed by atoms with E-state index in [-0.39, 0.29) is 11.2 Å². The molecule has 3 rings (SSSR count). The van der Waals surface area contributed by atoms with Gasteiger partial charge in [-0.05, 0) is 62.0 Å². The highest BCUT2D eigenvalue weighted by atomic mass is 35.5. The Labute approximate surface area is 170 Å². The standard InChI is InChI=1S/C21H26ClN3OS/c1-3-24-12-14-25(15-13-24)19-8-6-18(7-9-19)23-21(26)16(2)27-20-10-4-17(22)5-11-20/h4-11,16H,3,12-15H2,1-2H3,(H,23,26)/t16-/m1/s1. The van der Waals surface area contributed by atoms with Gasteiger partial charge >= 0.3 is 0 Å². The topological polar surface area (TPSA) is 35.6 Å². The molecule has 1 heterocycles. The molecule has 144 valence electrons. The first kappa shape index (κ1) is 20.1. The lowest BCUT2D eigenvalue weighted by Crippen LogP contribution is -2.46. The first-order chi connectivity index (χ1) is 13.0. The second-order valence-electron chi connectivity index (χ2n) is 6.67. The number of benzene rings is 2. The first-order valence-electron chi connectivity index (χ1n) is 9.35. The number of anilines is 2. The normalized spacial score (nSPS) is 16.2. The summed E-state index contributed by atoms with van der Waals surface area (Å²) in [5, 5.41) is 3.52. The number of rotatable bonds is 6. The number of likely N-dealkylation sites (N-methyl/N-ethyl adjacent to an activating group) is 1. The number of carbonyl (C=O) groups is 1. The molecule has 0 aromatic heterocycles. The number of hydrogen-bond acceptors (Lipinski definition) is 4. The Hall–Kier alpha value is -1.69. The lowest BCUT2D eigenvalue weighted by atomic mass is 10.2. The number of thioether (sulfide) groups is 1. The zero-order valence-corrected chi connectivity index (χ0v) is 17.4. The third-order valence-corrected chi connectivity index (χ3v) is 6.18. The molecule has 1 N–H and O–H groups in total. The van der Waals surface area contributed by atoms with E-state index in [0.29, 0.717) is 5.02 Å². The van der Waals surface area contributed by atoms with Crippen LogP contribution in [0.3, 0.4) is 0 Å². The van der Waals surface area contributed by atoms with Crippen LogP contribution in [-0.4, -0.2) is 48.8 Å². The summed E-state index contributed by atoms with van der Waals surface area (Å²) in [6.07, 6.45) is 0. The quantitative estimate of drug-likeness (QED) is 0.715. The smallest absolute Gasteiger partial charge is 0.237 e. The number of nitrogens with zero attached hydrogens (tertiary/aromatic N) is 2. The zero-order valence-electron chi connectivity index (χ0n) is 15.8. The van der Waals surface area contributed by atoms with Crippen LogP contribution in [0.25, 0.3) is 0 Å². The van der Waals surface area contributed by atoms with Gasteiger partial charge in [0.15, 0.2) is 0 Å². The van der Waals surface area contributed by atoms with Crippen molar-refractivity contribution in [1.29, 1.82) is 0 Å². The van der Waals surface area contributed by atoms with Crippen molar-refractivity contribution in [2.75, 3.05) is 42.9 Å². The highest BCUT2D eigenvalue weighted by Gasteiger charge is 2.17. The van der Waals surface area contributed by atoms with Gasteiger partial charge < -0.3 is 15.1 Å². The first-order valence-corrected chi connectivity index (χ1v) is 10.6. The fourth-order valence-electron chi connectivity index (χ4n) is 3.09.